The molecule has 0 bridgehead atoms. The van der Waals surface area contributed by atoms with Gasteiger partial charge < -0.3 is 14.6 Å². The van der Waals surface area contributed by atoms with Crippen molar-refractivity contribution in [1.82, 2.24) is 0 Å². The first-order valence-corrected chi connectivity index (χ1v) is 6.16. The van der Waals surface area contributed by atoms with E-state index >= 15 is 0 Å². The Labute approximate surface area is 114 Å². The molecule has 0 aliphatic rings. The zero-order chi connectivity index (χ0) is 13.1. The summed E-state index contributed by atoms with van der Waals surface area (Å²) in [5.74, 6) is 1.61. The van der Waals surface area contributed by atoms with Crippen LogP contribution >= 0.6 is 15.9 Å². The van der Waals surface area contributed by atoms with E-state index in [1.807, 2.05) is 18.2 Å². The number of aromatic hydroxyl groups is 1. The molecule has 4 heteroatoms. The highest BCUT2D eigenvalue weighted by molar-refractivity contribution is 9.10. The van der Waals surface area contributed by atoms with Gasteiger partial charge in [0.25, 0.3) is 0 Å². The fourth-order valence-electron chi connectivity index (χ4n) is 1.80. The topological polar surface area (TPSA) is 38.7 Å². The Kier molecular flexibility index (Phi) is 3.77. The van der Waals surface area contributed by atoms with Crippen molar-refractivity contribution in [3.63, 3.8) is 0 Å². The molecule has 2 rings (SSSR count). The molecule has 94 valence electrons. The van der Waals surface area contributed by atoms with Gasteiger partial charge in [0.05, 0.1) is 14.2 Å². The molecule has 0 fully saturated rings. The minimum Gasteiger partial charge on any atom is -0.508 e. The molecule has 3 nitrogen and oxygen atoms in total. The Balaban J connectivity index is 2.61. The van der Waals surface area contributed by atoms with Crippen molar-refractivity contribution >= 4 is 15.9 Å². The number of rotatable bonds is 3. The highest BCUT2D eigenvalue weighted by Gasteiger charge is 2.14. The summed E-state index contributed by atoms with van der Waals surface area (Å²) in [7, 11) is 3.21. The van der Waals surface area contributed by atoms with E-state index < -0.39 is 0 Å². The molecule has 0 aliphatic carbocycles. The van der Waals surface area contributed by atoms with Crippen LogP contribution in [0, 0.1) is 0 Å². The maximum absolute atomic E-state index is 9.53. The first-order chi connectivity index (χ1) is 8.67. The second kappa shape index (κ2) is 5.31. The maximum atomic E-state index is 9.53. The molecule has 0 unspecified atom stereocenters. The van der Waals surface area contributed by atoms with Gasteiger partial charge in [-0.2, -0.15) is 0 Å². The van der Waals surface area contributed by atoms with Crippen molar-refractivity contribution in [2.45, 2.75) is 0 Å². The predicted molar refractivity (Wildman–Crippen MR) is 74.3 cm³/mol. The average molecular weight is 309 g/mol. The first-order valence-electron chi connectivity index (χ1n) is 5.37. The van der Waals surface area contributed by atoms with Crippen LogP contribution in [-0.2, 0) is 0 Å². The molecule has 0 spiro atoms. The molecular weight excluding hydrogens is 296 g/mol. The largest absolute Gasteiger partial charge is 0.508 e. The normalized spacial score (nSPS) is 10.2. The van der Waals surface area contributed by atoms with Gasteiger partial charge in [-0.15, -0.1) is 0 Å². The van der Waals surface area contributed by atoms with Crippen LogP contribution in [0.25, 0.3) is 11.1 Å². The van der Waals surface area contributed by atoms with Crippen molar-refractivity contribution in [2.75, 3.05) is 14.2 Å². The van der Waals surface area contributed by atoms with Crippen LogP contribution in [0.3, 0.4) is 0 Å². The molecule has 0 atom stereocenters. The summed E-state index contributed by atoms with van der Waals surface area (Å²) < 4.78 is 11.4. The third-order valence-corrected chi connectivity index (χ3v) is 3.39. The monoisotopic (exact) mass is 308 g/mol. The lowest BCUT2D eigenvalue weighted by molar-refractivity contribution is 0.390. The maximum Gasteiger partial charge on any atom is 0.144 e. The number of phenolic OH excluding ortho intramolecular Hbond substituents is 1. The highest BCUT2D eigenvalue weighted by Crippen LogP contribution is 2.42. The third-order valence-electron chi connectivity index (χ3n) is 2.64. The van der Waals surface area contributed by atoms with Gasteiger partial charge in [0.1, 0.15) is 21.7 Å². The number of benzene rings is 2. The lowest BCUT2D eigenvalue weighted by atomic mass is 10.0. The van der Waals surface area contributed by atoms with E-state index in [0.717, 1.165) is 15.6 Å². The molecule has 18 heavy (non-hydrogen) atoms. The van der Waals surface area contributed by atoms with Crippen LogP contribution in [0.2, 0.25) is 0 Å². The summed E-state index contributed by atoms with van der Waals surface area (Å²) in [6.45, 7) is 0. The Morgan fingerprint density at radius 1 is 1.06 bits per heavy atom. The number of ether oxygens (including phenoxy) is 2. The summed E-state index contributed by atoms with van der Waals surface area (Å²) in [6, 6.07) is 10.8. The summed E-state index contributed by atoms with van der Waals surface area (Å²) in [6.07, 6.45) is 0. The van der Waals surface area contributed by atoms with Crippen molar-refractivity contribution < 1.29 is 14.6 Å². The number of halogens is 1. The van der Waals surface area contributed by atoms with Crippen LogP contribution < -0.4 is 9.47 Å². The number of phenols is 1. The van der Waals surface area contributed by atoms with Crippen LogP contribution in [0.15, 0.2) is 40.9 Å². The molecule has 0 aromatic heterocycles. The van der Waals surface area contributed by atoms with E-state index in [0.29, 0.717) is 11.5 Å². The van der Waals surface area contributed by atoms with Crippen molar-refractivity contribution in [2.24, 2.45) is 0 Å². The van der Waals surface area contributed by atoms with Gasteiger partial charge in [0, 0.05) is 5.56 Å². The Morgan fingerprint density at radius 3 is 2.44 bits per heavy atom. The SMILES string of the molecule is COc1ccc(-c2cccc(O)c2)c(OC)c1Br. The van der Waals surface area contributed by atoms with E-state index in [-0.39, 0.29) is 5.75 Å². The van der Waals surface area contributed by atoms with Gasteiger partial charge in [0.2, 0.25) is 0 Å². The molecule has 2 aromatic carbocycles. The molecule has 0 saturated carbocycles. The van der Waals surface area contributed by atoms with Gasteiger partial charge in [-0.3, -0.25) is 0 Å². The zero-order valence-corrected chi connectivity index (χ0v) is 11.7. The van der Waals surface area contributed by atoms with Gasteiger partial charge in [-0.25, -0.2) is 0 Å². The Morgan fingerprint density at radius 2 is 1.83 bits per heavy atom. The molecule has 1 N–H and O–H groups in total. The summed E-state index contributed by atoms with van der Waals surface area (Å²) in [5, 5.41) is 9.53. The Hall–Kier alpha value is -1.68. The fourth-order valence-corrected chi connectivity index (χ4v) is 2.47. The molecule has 0 radical (unpaired) electrons. The average Bonchev–Trinajstić information content (AvgIpc) is 2.38. The number of methoxy groups -OCH3 is 2. The van der Waals surface area contributed by atoms with Gasteiger partial charge in [0.15, 0.2) is 0 Å². The Bertz CT molecular complexity index is 567. The quantitative estimate of drug-likeness (QED) is 0.936. The molecular formula is C14H13BrO3. The molecule has 0 amide bonds. The summed E-state index contributed by atoms with van der Waals surface area (Å²) >= 11 is 3.46. The van der Waals surface area contributed by atoms with Gasteiger partial charge in [-0.1, -0.05) is 12.1 Å². The summed E-state index contributed by atoms with van der Waals surface area (Å²) in [5.41, 5.74) is 1.77. The van der Waals surface area contributed by atoms with E-state index in [4.69, 9.17) is 9.47 Å². The van der Waals surface area contributed by atoms with E-state index in [9.17, 15) is 5.11 Å². The van der Waals surface area contributed by atoms with E-state index in [1.54, 1.807) is 32.4 Å². The lowest BCUT2D eigenvalue weighted by Gasteiger charge is -2.13. The second-order valence-electron chi connectivity index (χ2n) is 3.71. The molecule has 0 aliphatic heterocycles. The number of hydrogen-bond acceptors (Lipinski definition) is 3. The van der Waals surface area contributed by atoms with Crippen LogP contribution in [-0.4, -0.2) is 19.3 Å². The minimum absolute atomic E-state index is 0.224. The van der Waals surface area contributed by atoms with Crippen molar-refractivity contribution in [3.05, 3.63) is 40.9 Å². The summed E-state index contributed by atoms with van der Waals surface area (Å²) in [4.78, 5) is 0. The molecule has 2 aromatic rings. The first kappa shape index (κ1) is 12.8. The van der Waals surface area contributed by atoms with Crippen LogP contribution in [0.1, 0.15) is 0 Å². The second-order valence-corrected chi connectivity index (χ2v) is 4.51. The van der Waals surface area contributed by atoms with E-state index in [2.05, 4.69) is 15.9 Å². The van der Waals surface area contributed by atoms with Gasteiger partial charge >= 0.3 is 0 Å². The van der Waals surface area contributed by atoms with Crippen LogP contribution in [0.4, 0.5) is 0 Å². The zero-order valence-electron chi connectivity index (χ0n) is 10.1. The minimum atomic E-state index is 0.224. The molecule has 0 saturated heterocycles. The van der Waals surface area contributed by atoms with Crippen LogP contribution in [0.5, 0.6) is 17.2 Å². The van der Waals surface area contributed by atoms with Gasteiger partial charge in [-0.05, 0) is 45.8 Å². The lowest BCUT2D eigenvalue weighted by Crippen LogP contribution is -1.92. The molecule has 0 heterocycles. The highest BCUT2D eigenvalue weighted by atomic mass is 79.9. The van der Waals surface area contributed by atoms with Crippen molar-refractivity contribution in [1.29, 1.82) is 0 Å². The van der Waals surface area contributed by atoms with Crippen molar-refractivity contribution in [3.8, 4) is 28.4 Å². The van der Waals surface area contributed by atoms with E-state index in [1.165, 1.54) is 0 Å². The number of hydrogen-bond donors (Lipinski definition) is 1. The fraction of sp³-hybridized carbons (Fsp3) is 0.143. The smallest absolute Gasteiger partial charge is 0.144 e. The predicted octanol–water partition coefficient (Wildman–Crippen LogP) is 3.84. The third kappa shape index (κ3) is 2.29. The standard InChI is InChI=1S/C14H13BrO3/c1-17-12-7-6-11(14(18-2)13(12)15)9-4-3-5-10(16)8-9/h3-8,16H,1-2H3.